The smallest absolute Gasteiger partial charge is 0.266 e. The number of hydrogen-bond donors (Lipinski definition) is 0. The molecule has 1 heterocycles. The van der Waals surface area contributed by atoms with E-state index in [2.05, 4.69) is 15.9 Å². The van der Waals surface area contributed by atoms with Crippen LogP contribution in [0.4, 0.5) is 5.69 Å². The monoisotopic (exact) mass is 536 g/mol. The number of halogens is 1. The fourth-order valence-electron chi connectivity index (χ4n) is 3.41. The van der Waals surface area contributed by atoms with Crippen molar-refractivity contribution < 1.29 is 14.3 Å². The summed E-state index contributed by atoms with van der Waals surface area (Å²) in [6.07, 6.45) is 1.86. The molecular formula is C27H25BrN2O3S. The lowest BCUT2D eigenvalue weighted by Crippen LogP contribution is -2.28. The molecule has 0 bridgehead atoms. The third-order valence-corrected chi connectivity index (χ3v) is 6.96. The highest BCUT2D eigenvalue weighted by Gasteiger charge is 2.32. The highest BCUT2D eigenvalue weighted by Crippen LogP contribution is 2.39. The maximum atomic E-state index is 13.1. The number of amides is 1. The number of carbonyl (C=O) groups excluding carboxylic acids is 1. The Bertz CT molecular complexity index is 1240. The van der Waals surface area contributed by atoms with Gasteiger partial charge >= 0.3 is 0 Å². The van der Waals surface area contributed by atoms with Crippen molar-refractivity contribution in [3.63, 3.8) is 0 Å². The number of amidine groups is 1. The molecule has 174 valence electrons. The van der Waals surface area contributed by atoms with Crippen molar-refractivity contribution in [3.05, 3.63) is 92.8 Å². The molecule has 3 aromatic rings. The topological polar surface area (TPSA) is 51.1 Å². The van der Waals surface area contributed by atoms with E-state index in [9.17, 15) is 4.79 Å². The lowest BCUT2D eigenvalue weighted by molar-refractivity contribution is -0.122. The molecule has 1 amide bonds. The normalized spacial score (nSPS) is 15.9. The van der Waals surface area contributed by atoms with E-state index in [1.165, 1.54) is 17.3 Å². The summed E-state index contributed by atoms with van der Waals surface area (Å²) >= 11 is 5.00. The Hall–Kier alpha value is -3.03. The van der Waals surface area contributed by atoms with Crippen LogP contribution in [0.25, 0.3) is 6.08 Å². The SMILES string of the molecule is CCN1C(=O)/C(=C\c2cc(OC)c(OCc3ccccc3)cc2Br)SC1=Nc1ccc(C)cc1. The Morgan fingerprint density at radius 3 is 2.47 bits per heavy atom. The van der Waals surface area contributed by atoms with Gasteiger partial charge in [-0.3, -0.25) is 9.69 Å². The summed E-state index contributed by atoms with van der Waals surface area (Å²) in [5, 5.41) is 0.675. The van der Waals surface area contributed by atoms with Gasteiger partial charge in [0.25, 0.3) is 5.91 Å². The fraction of sp³-hybridized carbons (Fsp3) is 0.185. The predicted molar refractivity (Wildman–Crippen MR) is 143 cm³/mol. The van der Waals surface area contributed by atoms with Crippen LogP contribution in [0.1, 0.15) is 23.6 Å². The number of aliphatic imine (C=N–C) groups is 1. The van der Waals surface area contributed by atoms with Gasteiger partial charge in [-0.1, -0.05) is 64.0 Å². The Morgan fingerprint density at radius 1 is 1.06 bits per heavy atom. The Morgan fingerprint density at radius 2 is 1.79 bits per heavy atom. The molecule has 7 heteroatoms. The van der Waals surface area contributed by atoms with Crippen LogP contribution in [0.3, 0.4) is 0 Å². The van der Waals surface area contributed by atoms with Crippen LogP contribution in [0.2, 0.25) is 0 Å². The zero-order valence-corrected chi connectivity index (χ0v) is 21.7. The largest absolute Gasteiger partial charge is 0.493 e. The van der Waals surface area contributed by atoms with Crippen molar-refractivity contribution in [2.75, 3.05) is 13.7 Å². The summed E-state index contributed by atoms with van der Waals surface area (Å²) in [6, 6.07) is 21.6. The minimum absolute atomic E-state index is 0.0615. The van der Waals surface area contributed by atoms with Crippen LogP contribution in [-0.2, 0) is 11.4 Å². The van der Waals surface area contributed by atoms with E-state index in [1.807, 2.05) is 86.7 Å². The summed E-state index contributed by atoms with van der Waals surface area (Å²) in [7, 11) is 1.61. The van der Waals surface area contributed by atoms with Gasteiger partial charge in [0.05, 0.1) is 17.7 Å². The van der Waals surface area contributed by atoms with Crippen LogP contribution in [0, 0.1) is 6.92 Å². The molecule has 1 aliphatic rings. The van der Waals surface area contributed by atoms with Gasteiger partial charge in [-0.25, -0.2) is 4.99 Å². The second-order valence-corrected chi connectivity index (χ2v) is 9.55. The molecule has 0 spiro atoms. The first kappa shape index (κ1) is 24.1. The number of benzene rings is 3. The van der Waals surface area contributed by atoms with Crippen molar-refractivity contribution in [1.82, 2.24) is 4.90 Å². The van der Waals surface area contributed by atoms with Crippen molar-refractivity contribution in [2.24, 2.45) is 4.99 Å². The Kier molecular flexibility index (Phi) is 7.75. The first-order chi connectivity index (χ1) is 16.5. The van der Waals surface area contributed by atoms with Crippen molar-refractivity contribution in [2.45, 2.75) is 20.5 Å². The van der Waals surface area contributed by atoms with Gasteiger partial charge in [0.1, 0.15) is 6.61 Å². The van der Waals surface area contributed by atoms with Gasteiger partial charge in [-0.2, -0.15) is 0 Å². The zero-order chi connectivity index (χ0) is 24.1. The number of hydrogen-bond acceptors (Lipinski definition) is 5. The molecule has 1 aliphatic heterocycles. The number of carbonyl (C=O) groups is 1. The van der Waals surface area contributed by atoms with Gasteiger partial charge in [0.2, 0.25) is 0 Å². The highest BCUT2D eigenvalue weighted by molar-refractivity contribution is 9.10. The Labute approximate surface area is 212 Å². The zero-order valence-electron chi connectivity index (χ0n) is 19.2. The minimum atomic E-state index is -0.0615. The lowest BCUT2D eigenvalue weighted by atomic mass is 10.1. The third kappa shape index (κ3) is 5.54. The van der Waals surface area contributed by atoms with Crippen molar-refractivity contribution >= 4 is 50.5 Å². The molecule has 4 rings (SSSR count). The number of likely N-dealkylation sites (N-methyl/N-ethyl adjacent to an activating group) is 1. The summed E-state index contributed by atoms with van der Waals surface area (Å²) < 4.78 is 12.4. The second-order valence-electron chi connectivity index (χ2n) is 7.69. The maximum absolute atomic E-state index is 13.1. The summed E-state index contributed by atoms with van der Waals surface area (Å²) in [6.45, 7) is 4.96. The molecule has 0 unspecified atom stereocenters. The van der Waals surface area contributed by atoms with E-state index in [0.717, 1.165) is 21.3 Å². The summed E-state index contributed by atoms with van der Waals surface area (Å²) in [5.41, 5.74) is 3.89. The average molecular weight is 537 g/mol. The highest BCUT2D eigenvalue weighted by atomic mass is 79.9. The number of aryl methyl sites for hydroxylation is 1. The fourth-order valence-corrected chi connectivity index (χ4v) is 4.90. The minimum Gasteiger partial charge on any atom is -0.493 e. The summed E-state index contributed by atoms with van der Waals surface area (Å²) in [4.78, 5) is 20.1. The molecule has 34 heavy (non-hydrogen) atoms. The number of thioether (sulfide) groups is 1. The molecule has 1 saturated heterocycles. The second kappa shape index (κ2) is 10.9. The number of methoxy groups -OCH3 is 1. The number of nitrogens with zero attached hydrogens (tertiary/aromatic N) is 2. The van der Waals surface area contributed by atoms with Gasteiger partial charge < -0.3 is 9.47 Å². The van der Waals surface area contributed by atoms with Crippen molar-refractivity contribution in [1.29, 1.82) is 0 Å². The molecule has 0 atom stereocenters. The lowest BCUT2D eigenvalue weighted by Gasteiger charge is -2.13. The van der Waals surface area contributed by atoms with E-state index < -0.39 is 0 Å². The maximum Gasteiger partial charge on any atom is 0.266 e. The van der Waals surface area contributed by atoms with Crippen LogP contribution >= 0.6 is 27.7 Å². The molecule has 0 radical (unpaired) electrons. The van der Waals surface area contributed by atoms with Crippen LogP contribution < -0.4 is 9.47 Å². The molecule has 1 fully saturated rings. The van der Waals surface area contributed by atoms with E-state index in [-0.39, 0.29) is 5.91 Å². The molecule has 3 aromatic carbocycles. The molecule has 5 nitrogen and oxygen atoms in total. The van der Waals surface area contributed by atoms with E-state index in [0.29, 0.717) is 34.7 Å². The Balaban J connectivity index is 1.59. The first-order valence-electron chi connectivity index (χ1n) is 10.9. The number of ether oxygens (including phenoxy) is 2. The van der Waals surface area contributed by atoms with Crippen LogP contribution in [0.5, 0.6) is 11.5 Å². The van der Waals surface area contributed by atoms with Crippen molar-refractivity contribution in [3.8, 4) is 11.5 Å². The molecular weight excluding hydrogens is 512 g/mol. The van der Waals surface area contributed by atoms with E-state index >= 15 is 0 Å². The summed E-state index contributed by atoms with van der Waals surface area (Å²) in [5.74, 6) is 1.17. The first-order valence-corrected chi connectivity index (χ1v) is 12.5. The molecule has 0 aliphatic carbocycles. The van der Waals surface area contributed by atoms with E-state index in [1.54, 1.807) is 12.0 Å². The van der Waals surface area contributed by atoms with Gasteiger partial charge in [-0.15, -0.1) is 0 Å². The average Bonchev–Trinajstić information content (AvgIpc) is 3.14. The molecule has 0 aromatic heterocycles. The van der Waals surface area contributed by atoms with Gasteiger partial charge in [0.15, 0.2) is 16.7 Å². The third-order valence-electron chi connectivity index (χ3n) is 5.27. The van der Waals surface area contributed by atoms with Crippen LogP contribution in [0.15, 0.2) is 81.1 Å². The predicted octanol–water partition coefficient (Wildman–Crippen LogP) is 6.97. The number of rotatable bonds is 7. The van der Waals surface area contributed by atoms with E-state index in [4.69, 9.17) is 14.5 Å². The van der Waals surface area contributed by atoms with Gasteiger partial charge in [0, 0.05) is 11.0 Å². The van der Waals surface area contributed by atoms with Crippen LogP contribution in [-0.4, -0.2) is 29.6 Å². The van der Waals surface area contributed by atoms with Gasteiger partial charge in [-0.05, 0) is 67.1 Å². The quantitative estimate of drug-likeness (QED) is 0.306. The standard InChI is InChI=1S/C27H25BrN2O3S/c1-4-30-26(31)25(34-27(30)29-21-12-10-18(2)11-13-21)15-20-14-23(32-3)24(16-22(20)28)33-17-19-8-6-5-7-9-19/h5-16H,4,17H2,1-3H3/b25-15+,29-27?. The molecule has 0 N–H and O–H groups in total. The molecule has 0 saturated carbocycles.